The topological polar surface area (TPSA) is 102 Å². The van der Waals surface area contributed by atoms with Crippen molar-refractivity contribution in [1.29, 1.82) is 0 Å². The molecule has 1 aromatic carbocycles. The summed E-state index contributed by atoms with van der Waals surface area (Å²) in [7, 11) is 0. The van der Waals surface area contributed by atoms with Crippen molar-refractivity contribution in [1.82, 2.24) is 4.90 Å². The van der Waals surface area contributed by atoms with Crippen LogP contribution in [-0.2, 0) is 14.3 Å². The van der Waals surface area contributed by atoms with Crippen LogP contribution in [0, 0.1) is 0 Å². The maximum atomic E-state index is 12.5. The predicted molar refractivity (Wildman–Crippen MR) is 74.8 cm³/mol. The monoisotopic (exact) mass is 294 g/mol. The van der Waals surface area contributed by atoms with Crippen molar-refractivity contribution in [3.8, 4) is 5.75 Å². The first-order valence-corrected chi connectivity index (χ1v) is 6.69. The number of benzene rings is 1. The molecule has 2 rings (SSSR count). The third kappa shape index (κ3) is 3.08. The Morgan fingerprint density at radius 1 is 1.52 bits per heavy atom. The van der Waals surface area contributed by atoms with Crippen molar-refractivity contribution in [3.63, 3.8) is 0 Å². The SMILES string of the molecule is CCOC(=O)C1COCCN1C(=O)c1cccc(N)c1O. The standard InChI is InChI=1S/C14H18N2O5/c1-2-21-14(19)11-8-20-7-6-16(11)13(18)9-4-3-5-10(15)12(9)17/h3-5,11,17H,2,6-8,15H2,1H3. The minimum absolute atomic E-state index is 0.0613. The Kier molecular flexibility index (Phi) is 4.64. The number of nitrogens with zero attached hydrogens (tertiary/aromatic N) is 1. The van der Waals surface area contributed by atoms with Crippen molar-refractivity contribution in [2.45, 2.75) is 13.0 Å². The number of carbonyl (C=O) groups excluding carboxylic acids is 2. The number of para-hydroxylation sites is 1. The number of esters is 1. The van der Waals surface area contributed by atoms with E-state index < -0.39 is 17.9 Å². The number of nitrogens with two attached hydrogens (primary N) is 1. The van der Waals surface area contributed by atoms with Crippen LogP contribution in [0.15, 0.2) is 18.2 Å². The van der Waals surface area contributed by atoms with E-state index in [1.54, 1.807) is 13.0 Å². The summed E-state index contributed by atoms with van der Waals surface area (Å²) in [6.45, 7) is 2.56. The Labute approximate surface area is 122 Å². The van der Waals surface area contributed by atoms with Gasteiger partial charge in [0, 0.05) is 6.54 Å². The van der Waals surface area contributed by atoms with E-state index in [2.05, 4.69) is 0 Å². The Balaban J connectivity index is 2.26. The third-order valence-corrected chi connectivity index (χ3v) is 3.25. The van der Waals surface area contributed by atoms with Crippen LogP contribution >= 0.6 is 0 Å². The lowest BCUT2D eigenvalue weighted by atomic mass is 10.1. The van der Waals surface area contributed by atoms with E-state index in [1.807, 2.05) is 0 Å². The molecule has 21 heavy (non-hydrogen) atoms. The number of rotatable bonds is 3. The van der Waals surface area contributed by atoms with Gasteiger partial charge >= 0.3 is 5.97 Å². The van der Waals surface area contributed by atoms with Crippen LogP contribution in [0.1, 0.15) is 17.3 Å². The predicted octanol–water partition coefficient (Wildman–Crippen LogP) is 0.378. The van der Waals surface area contributed by atoms with E-state index >= 15 is 0 Å². The number of phenols is 1. The molecular weight excluding hydrogens is 276 g/mol. The molecular formula is C14H18N2O5. The van der Waals surface area contributed by atoms with Crippen LogP contribution in [0.25, 0.3) is 0 Å². The largest absolute Gasteiger partial charge is 0.505 e. The number of phenolic OH excluding ortho intramolecular Hbond substituents is 1. The highest BCUT2D eigenvalue weighted by atomic mass is 16.5. The van der Waals surface area contributed by atoms with Gasteiger partial charge in [-0.2, -0.15) is 0 Å². The van der Waals surface area contributed by atoms with Crippen LogP contribution in [-0.4, -0.2) is 54.3 Å². The van der Waals surface area contributed by atoms with Gasteiger partial charge in [0.15, 0.2) is 11.8 Å². The molecule has 1 unspecified atom stereocenters. The van der Waals surface area contributed by atoms with Crippen molar-refractivity contribution < 1.29 is 24.2 Å². The summed E-state index contributed by atoms with van der Waals surface area (Å²) in [5.41, 5.74) is 5.77. The van der Waals surface area contributed by atoms with E-state index in [0.29, 0.717) is 6.61 Å². The number of anilines is 1. The van der Waals surface area contributed by atoms with Gasteiger partial charge in [0.1, 0.15) is 0 Å². The van der Waals surface area contributed by atoms with E-state index in [9.17, 15) is 14.7 Å². The Hall–Kier alpha value is -2.28. The van der Waals surface area contributed by atoms with Gasteiger partial charge < -0.3 is 25.2 Å². The molecule has 7 nitrogen and oxygen atoms in total. The number of morpholine rings is 1. The van der Waals surface area contributed by atoms with E-state index in [4.69, 9.17) is 15.2 Å². The second-order valence-corrected chi connectivity index (χ2v) is 4.58. The molecule has 0 aliphatic carbocycles. The fourth-order valence-corrected chi connectivity index (χ4v) is 2.17. The highest BCUT2D eigenvalue weighted by Gasteiger charge is 2.35. The Bertz CT molecular complexity index is 546. The molecule has 0 bridgehead atoms. The summed E-state index contributed by atoms with van der Waals surface area (Å²) in [6, 6.07) is 3.72. The number of amides is 1. The number of hydrogen-bond donors (Lipinski definition) is 2. The van der Waals surface area contributed by atoms with E-state index in [1.165, 1.54) is 17.0 Å². The van der Waals surface area contributed by atoms with Crippen LogP contribution in [0.4, 0.5) is 5.69 Å². The molecule has 1 aromatic rings. The smallest absolute Gasteiger partial charge is 0.331 e. The summed E-state index contributed by atoms with van der Waals surface area (Å²) in [5.74, 6) is -1.27. The van der Waals surface area contributed by atoms with Crippen molar-refractivity contribution >= 4 is 17.6 Å². The van der Waals surface area contributed by atoms with Crippen LogP contribution in [0.5, 0.6) is 5.75 Å². The summed E-state index contributed by atoms with van der Waals surface area (Å²) in [6.07, 6.45) is 0. The number of aromatic hydroxyl groups is 1. The highest BCUT2D eigenvalue weighted by molar-refractivity contribution is 6.00. The maximum Gasteiger partial charge on any atom is 0.331 e. The second kappa shape index (κ2) is 6.45. The van der Waals surface area contributed by atoms with Gasteiger partial charge in [0.05, 0.1) is 31.1 Å². The van der Waals surface area contributed by atoms with Crippen molar-refractivity contribution in [2.24, 2.45) is 0 Å². The van der Waals surface area contributed by atoms with Gasteiger partial charge in [-0.3, -0.25) is 4.79 Å². The molecule has 0 saturated carbocycles. The number of hydrogen-bond acceptors (Lipinski definition) is 6. The lowest BCUT2D eigenvalue weighted by Crippen LogP contribution is -2.53. The molecule has 114 valence electrons. The van der Waals surface area contributed by atoms with Crippen LogP contribution in [0.3, 0.4) is 0 Å². The molecule has 1 saturated heterocycles. The molecule has 0 radical (unpaired) electrons. The third-order valence-electron chi connectivity index (χ3n) is 3.25. The van der Waals surface area contributed by atoms with Gasteiger partial charge in [-0.25, -0.2) is 4.79 Å². The molecule has 1 heterocycles. The molecule has 1 aliphatic rings. The first-order chi connectivity index (χ1) is 10.1. The molecule has 0 aromatic heterocycles. The molecule has 1 amide bonds. The Morgan fingerprint density at radius 3 is 3.00 bits per heavy atom. The lowest BCUT2D eigenvalue weighted by molar-refractivity contribution is -0.153. The fourth-order valence-electron chi connectivity index (χ4n) is 2.17. The van der Waals surface area contributed by atoms with Gasteiger partial charge in [-0.05, 0) is 19.1 Å². The van der Waals surface area contributed by atoms with Crippen LogP contribution in [0.2, 0.25) is 0 Å². The Morgan fingerprint density at radius 2 is 2.29 bits per heavy atom. The molecule has 1 aliphatic heterocycles. The van der Waals surface area contributed by atoms with Gasteiger partial charge in [0.2, 0.25) is 0 Å². The number of nitrogen functional groups attached to an aromatic ring is 1. The van der Waals surface area contributed by atoms with Crippen LogP contribution < -0.4 is 5.73 Å². The zero-order chi connectivity index (χ0) is 15.4. The average Bonchev–Trinajstić information content (AvgIpc) is 2.49. The van der Waals surface area contributed by atoms with E-state index in [0.717, 1.165) is 0 Å². The minimum atomic E-state index is -0.813. The van der Waals surface area contributed by atoms with Gasteiger partial charge in [-0.15, -0.1) is 0 Å². The van der Waals surface area contributed by atoms with E-state index in [-0.39, 0.29) is 36.8 Å². The molecule has 1 fully saturated rings. The summed E-state index contributed by atoms with van der Waals surface area (Å²) in [4.78, 5) is 25.8. The molecule has 7 heteroatoms. The molecule has 3 N–H and O–H groups in total. The van der Waals surface area contributed by atoms with Crippen molar-refractivity contribution in [2.75, 3.05) is 32.1 Å². The quantitative estimate of drug-likeness (QED) is 0.474. The summed E-state index contributed by atoms with van der Waals surface area (Å²) < 4.78 is 10.2. The minimum Gasteiger partial charge on any atom is -0.505 e. The summed E-state index contributed by atoms with van der Waals surface area (Å²) in [5, 5.41) is 9.91. The van der Waals surface area contributed by atoms with Gasteiger partial charge in [0.25, 0.3) is 5.91 Å². The zero-order valence-electron chi connectivity index (χ0n) is 11.7. The zero-order valence-corrected chi connectivity index (χ0v) is 11.7. The average molecular weight is 294 g/mol. The highest BCUT2D eigenvalue weighted by Crippen LogP contribution is 2.26. The first-order valence-electron chi connectivity index (χ1n) is 6.69. The molecule has 0 spiro atoms. The number of carbonyl (C=O) groups is 2. The fraction of sp³-hybridized carbons (Fsp3) is 0.429. The summed E-state index contributed by atoms with van der Waals surface area (Å²) >= 11 is 0. The first kappa shape index (κ1) is 15.1. The maximum absolute atomic E-state index is 12.5. The second-order valence-electron chi connectivity index (χ2n) is 4.58. The number of ether oxygens (including phenoxy) is 2. The van der Waals surface area contributed by atoms with Crippen molar-refractivity contribution in [3.05, 3.63) is 23.8 Å². The lowest BCUT2D eigenvalue weighted by Gasteiger charge is -2.34. The van der Waals surface area contributed by atoms with Gasteiger partial charge in [-0.1, -0.05) is 6.07 Å². The normalized spacial score (nSPS) is 18.3. The molecule has 1 atom stereocenters.